The van der Waals surface area contributed by atoms with E-state index in [1.165, 1.54) is 6.08 Å². The summed E-state index contributed by atoms with van der Waals surface area (Å²) in [6.45, 7) is 6.14. The largest absolute Gasteiger partial charge is 0.489 e. The van der Waals surface area contributed by atoms with E-state index < -0.39 is 17.8 Å². The number of carbonyl (C=O) groups is 3. The number of nitrogens with zero attached hydrogens (tertiary/aromatic N) is 1. The van der Waals surface area contributed by atoms with E-state index in [1.54, 1.807) is 36.4 Å². The summed E-state index contributed by atoms with van der Waals surface area (Å²) in [5.41, 5.74) is 3.82. The summed E-state index contributed by atoms with van der Waals surface area (Å²) in [7, 11) is 0. The standard InChI is InChI=1S/C28H23IN2O4/c1-3-4-21-15-20(9-14-25(21)35-17-19-7-10-22(29)11-8-19)16-24-26(32)30-28(34)31(27(24)33)23-12-5-18(2)6-13-23/h3,5-16H,1,4,17H2,2H3,(H,30,32,34)/b24-16+. The van der Waals surface area contributed by atoms with Gasteiger partial charge < -0.3 is 4.74 Å². The summed E-state index contributed by atoms with van der Waals surface area (Å²) in [5, 5.41) is 2.25. The summed E-state index contributed by atoms with van der Waals surface area (Å²) in [4.78, 5) is 39.0. The van der Waals surface area contributed by atoms with Gasteiger partial charge in [-0.25, -0.2) is 9.69 Å². The van der Waals surface area contributed by atoms with Gasteiger partial charge in [0.1, 0.15) is 17.9 Å². The number of hydrogen-bond acceptors (Lipinski definition) is 4. The van der Waals surface area contributed by atoms with Gasteiger partial charge in [0.25, 0.3) is 11.8 Å². The van der Waals surface area contributed by atoms with Crippen molar-refractivity contribution in [3.63, 3.8) is 0 Å². The Labute approximate surface area is 217 Å². The lowest BCUT2D eigenvalue weighted by Gasteiger charge is -2.26. The number of benzene rings is 3. The quantitative estimate of drug-likeness (QED) is 0.172. The molecular weight excluding hydrogens is 555 g/mol. The van der Waals surface area contributed by atoms with Gasteiger partial charge in [-0.1, -0.05) is 42.0 Å². The van der Waals surface area contributed by atoms with Gasteiger partial charge in [-0.2, -0.15) is 0 Å². The van der Waals surface area contributed by atoms with E-state index in [4.69, 9.17) is 4.74 Å². The molecule has 1 aliphatic heterocycles. The molecule has 1 fully saturated rings. The predicted octanol–water partition coefficient (Wildman–Crippen LogP) is 5.57. The molecule has 176 valence electrons. The highest BCUT2D eigenvalue weighted by molar-refractivity contribution is 14.1. The number of rotatable bonds is 7. The molecule has 0 atom stereocenters. The normalized spacial score (nSPS) is 14.7. The Morgan fingerprint density at radius 1 is 1.00 bits per heavy atom. The number of imide groups is 2. The second-order valence-electron chi connectivity index (χ2n) is 8.07. The van der Waals surface area contributed by atoms with Crippen LogP contribution in [0.5, 0.6) is 5.75 Å². The van der Waals surface area contributed by atoms with E-state index in [9.17, 15) is 14.4 Å². The smallest absolute Gasteiger partial charge is 0.335 e. The number of nitrogens with one attached hydrogen (secondary N) is 1. The van der Waals surface area contributed by atoms with Gasteiger partial charge in [-0.05, 0) is 95.1 Å². The molecule has 1 saturated heterocycles. The van der Waals surface area contributed by atoms with Gasteiger partial charge in [0.2, 0.25) is 0 Å². The molecule has 0 aliphatic carbocycles. The van der Waals surface area contributed by atoms with Crippen LogP contribution in [0.4, 0.5) is 10.5 Å². The first kappa shape index (κ1) is 24.4. The van der Waals surface area contributed by atoms with Crippen molar-refractivity contribution in [2.75, 3.05) is 4.90 Å². The SMILES string of the molecule is C=CCc1cc(/C=C2\C(=O)NC(=O)N(c3ccc(C)cc3)C2=O)ccc1OCc1ccc(I)cc1. The molecule has 0 radical (unpaired) electrons. The molecule has 1 aliphatic rings. The van der Waals surface area contributed by atoms with Crippen molar-refractivity contribution >= 4 is 52.2 Å². The third kappa shape index (κ3) is 5.68. The minimum absolute atomic E-state index is 0.123. The van der Waals surface area contributed by atoms with Crippen LogP contribution in [-0.4, -0.2) is 17.8 Å². The minimum atomic E-state index is -0.771. The monoisotopic (exact) mass is 578 g/mol. The van der Waals surface area contributed by atoms with E-state index in [2.05, 4.69) is 34.5 Å². The molecule has 0 bridgehead atoms. The van der Waals surface area contributed by atoms with Crippen molar-refractivity contribution in [3.8, 4) is 5.75 Å². The first-order valence-corrected chi connectivity index (χ1v) is 12.0. The number of urea groups is 1. The summed E-state index contributed by atoms with van der Waals surface area (Å²) >= 11 is 2.26. The Morgan fingerprint density at radius 3 is 2.40 bits per heavy atom. The highest BCUT2D eigenvalue weighted by Crippen LogP contribution is 2.26. The van der Waals surface area contributed by atoms with Crippen molar-refractivity contribution in [1.29, 1.82) is 0 Å². The number of halogens is 1. The van der Waals surface area contributed by atoms with Crippen LogP contribution in [0, 0.1) is 10.5 Å². The first-order chi connectivity index (χ1) is 16.9. The number of anilines is 1. The fourth-order valence-electron chi connectivity index (χ4n) is 3.64. The molecule has 6 nitrogen and oxygen atoms in total. The molecule has 0 spiro atoms. The maximum Gasteiger partial charge on any atom is 0.335 e. The fraction of sp³-hybridized carbons (Fsp3) is 0.107. The Kier molecular flexibility index (Phi) is 7.45. The van der Waals surface area contributed by atoms with Crippen LogP contribution in [0.2, 0.25) is 0 Å². The predicted molar refractivity (Wildman–Crippen MR) is 144 cm³/mol. The van der Waals surface area contributed by atoms with Crippen LogP contribution in [0.15, 0.2) is 85.0 Å². The third-order valence-corrected chi connectivity index (χ3v) is 6.18. The van der Waals surface area contributed by atoms with Crippen LogP contribution in [-0.2, 0) is 22.6 Å². The van der Waals surface area contributed by atoms with Crippen LogP contribution in [0.25, 0.3) is 6.08 Å². The van der Waals surface area contributed by atoms with Crippen molar-refractivity contribution in [3.05, 3.63) is 111 Å². The van der Waals surface area contributed by atoms with Gasteiger partial charge in [0.05, 0.1) is 5.69 Å². The molecule has 0 unspecified atom stereocenters. The average Bonchev–Trinajstić information content (AvgIpc) is 2.83. The van der Waals surface area contributed by atoms with Crippen molar-refractivity contribution in [2.24, 2.45) is 0 Å². The van der Waals surface area contributed by atoms with Crippen LogP contribution < -0.4 is 15.0 Å². The Balaban J connectivity index is 1.60. The zero-order valence-corrected chi connectivity index (χ0v) is 21.2. The second-order valence-corrected chi connectivity index (χ2v) is 9.31. The van der Waals surface area contributed by atoms with Crippen LogP contribution in [0.3, 0.4) is 0 Å². The van der Waals surface area contributed by atoms with E-state index >= 15 is 0 Å². The Bertz CT molecular complexity index is 1330. The van der Waals surface area contributed by atoms with Crippen LogP contribution in [0.1, 0.15) is 22.3 Å². The zero-order chi connectivity index (χ0) is 24.9. The minimum Gasteiger partial charge on any atom is -0.489 e. The number of aryl methyl sites for hydroxylation is 1. The van der Waals surface area contributed by atoms with Crippen LogP contribution >= 0.6 is 22.6 Å². The van der Waals surface area contributed by atoms with Crippen molar-refractivity contribution < 1.29 is 19.1 Å². The molecule has 1 heterocycles. The topological polar surface area (TPSA) is 75.7 Å². The van der Waals surface area contributed by atoms with E-state index in [1.807, 2.05) is 43.3 Å². The first-order valence-electron chi connectivity index (χ1n) is 10.9. The highest BCUT2D eigenvalue weighted by Gasteiger charge is 2.36. The zero-order valence-electron chi connectivity index (χ0n) is 19.1. The number of hydrogen-bond donors (Lipinski definition) is 1. The fourth-order valence-corrected chi connectivity index (χ4v) is 4.00. The molecule has 0 saturated carbocycles. The molecule has 35 heavy (non-hydrogen) atoms. The number of allylic oxidation sites excluding steroid dienone is 1. The van der Waals surface area contributed by atoms with Crippen molar-refractivity contribution in [1.82, 2.24) is 5.32 Å². The number of barbiturate groups is 1. The average molecular weight is 578 g/mol. The van der Waals surface area contributed by atoms with Gasteiger partial charge in [0, 0.05) is 3.57 Å². The van der Waals surface area contributed by atoms with E-state index in [0.717, 1.165) is 25.2 Å². The Morgan fingerprint density at radius 2 is 1.71 bits per heavy atom. The maximum absolute atomic E-state index is 13.1. The molecule has 1 N–H and O–H groups in total. The number of ether oxygens (including phenoxy) is 1. The van der Waals surface area contributed by atoms with E-state index in [0.29, 0.717) is 30.0 Å². The summed E-state index contributed by atoms with van der Waals surface area (Å²) in [6.07, 6.45) is 3.80. The maximum atomic E-state index is 13.1. The van der Waals surface area contributed by atoms with Gasteiger partial charge in [-0.15, -0.1) is 6.58 Å². The summed E-state index contributed by atoms with van der Waals surface area (Å²) in [5.74, 6) is -0.707. The van der Waals surface area contributed by atoms with Gasteiger partial charge in [-0.3, -0.25) is 14.9 Å². The molecule has 4 rings (SSSR count). The number of carbonyl (C=O) groups excluding carboxylic acids is 3. The summed E-state index contributed by atoms with van der Waals surface area (Å²) < 4.78 is 7.18. The Hall–Kier alpha value is -3.72. The molecule has 3 aromatic carbocycles. The van der Waals surface area contributed by atoms with E-state index in [-0.39, 0.29) is 5.57 Å². The molecule has 0 aromatic heterocycles. The second kappa shape index (κ2) is 10.7. The lowest BCUT2D eigenvalue weighted by atomic mass is 10.0. The van der Waals surface area contributed by atoms with Crippen molar-refractivity contribution in [2.45, 2.75) is 20.0 Å². The lowest BCUT2D eigenvalue weighted by molar-refractivity contribution is -0.122. The number of amides is 4. The summed E-state index contributed by atoms with van der Waals surface area (Å²) in [6, 6.07) is 19.7. The molecule has 4 amide bonds. The molecular formula is C28H23IN2O4. The third-order valence-electron chi connectivity index (χ3n) is 5.46. The molecule has 3 aromatic rings. The highest BCUT2D eigenvalue weighted by atomic mass is 127. The lowest BCUT2D eigenvalue weighted by Crippen LogP contribution is -2.54. The van der Waals surface area contributed by atoms with Gasteiger partial charge in [0.15, 0.2) is 0 Å². The van der Waals surface area contributed by atoms with Gasteiger partial charge >= 0.3 is 6.03 Å². The molecule has 7 heteroatoms.